The van der Waals surface area contributed by atoms with Crippen molar-refractivity contribution in [2.45, 2.75) is 25.8 Å². The van der Waals surface area contributed by atoms with E-state index in [0.29, 0.717) is 25.4 Å². The van der Waals surface area contributed by atoms with Gasteiger partial charge in [-0.1, -0.05) is 12.1 Å². The molecular formula is C15H20N4O. The van der Waals surface area contributed by atoms with Gasteiger partial charge in [-0.05, 0) is 37.4 Å². The van der Waals surface area contributed by atoms with Crippen LogP contribution in [-0.2, 0) is 17.8 Å². The van der Waals surface area contributed by atoms with Crippen molar-refractivity contribution in [3.05, 3.63) is 30.1 Å². The molecule has 3 N–H and O–H groups in total. The lowest BCUT2D eigenvalue weighted by atomic mass is 10.3. The minimum absolute atomic E-state index is 0.0540. The van der Waals surface area contributed by atoms with E-state index < -0.39 is 0 Å². The third-order valence-corrected chi connectivity index (χ3v) is 3.69. The molecule has 1 heterocycles. The predicted molar refractivity (Wildman–Crippen MR) is 78.2 cm³/mol. The van der Waals surface area contributed by atoms with Gasteiger partial charge in [0.2, 0.25) is 5.91 Å². The molecule has 1 aromatic heterocycles. The summed E-state index contributed by atoms with van der Waals surface area (Å²) < 4.78 is 1.98. The van der Waals surface area contributed by atoms with Crippen LogP contribution in [-0.4, -0.2) is 28.5 Å². The molecular weight excluding hydrogens is 252 g/mol. The van der Waals surface area contributed by atoms with Crippen LogP contribution in [0.2, 0.25) is 0 Å². The number of benzene rings is 1. The zero-order valence-corrected chi connectivity index (χ0v) is 11.5. The number of hydrogen-bond donors (Lipinski definition) is 2. The van der Waals surface area contributed by atoms with Crippen molar-refractivity contribution in [3.8, 4) is 0 Å². The van der Waals surface area contributed by atoms with Crippen molar-refractivity contribution in [1.82, 2.24) is 14.9 Å². The van der Waals surface area contributed by atoms with Gasteiger partial charge in [0, 0.05) is 13.0 Å². The highest BCUT2D eigenvalue weighted by molar-refractivity contribution is 5.81. The number of amides is 1. The Balaban J connectivity index is 1.79. The van der Waals surface area contributed by atoms with Crippen molar-refractivity contribution in [2.75, 3.05) is 13.1 Å². The molecule has 1 amide bonds. The first kappa shape index (κ1) is 13.1. The van der Waals surface area contributed by atoms with E-state index in [-0.39, 0.29) is 5.91 Å². The zero-order valence-electron chi connectivity index (χ0n) is 11.5. The lowest BCUT2D eigenvalue weighted by Gasteiger charge is -2.09. The van der Waals surface area contributed by atoms with Crippen molar-refractivity contribution in [3.63, 3.8) is 0 Å². The number of carbonyl (C=O) groups excluding carboxylic acids is 1. The molecule has 0 radical (unpaired) electrons. The van der Waals surface area contributed by atoms with Crippen LogP contribution in [0.15, 0.2) is 24.3 Å². The Labute approximate surface area is 118 Å². The largest absolute Gasteiger partial charge is 0.354 e. The molecule has 5 nitrogen and oxygen atoms in total. The Hall–Kier alpha value is -1.88. The number of carbonyl (C=O) groups is 1. The molecule has 0 atom stereocenters. The zero-order chi connectivity index (χ0) is 13.9. The van der Waals surface area contributed by atoms with Crippen LogP contribution in [0.4, 0.5) is 0 Å². The monoisotopic (exact) mass is 272 g/mol. The quantitative estimate of drug-likeness (QED) is 0.826. The average molecular weight is 272 g/mol. The summed E-state index contributed by atoms with van der Waals surface area (Å²) >= 11 is 0. The Bertz CT molecular complexity index is 615. The summed E-state index contributed by atoms with van der Waals surface area (Å²) in [5, 5.41) is 3.00. The second kappa shape index (κ2) is 5.63. The minimum Gasteiger partial charge on any atom is -0.354 e. The van der Waals surface area contributed by atoms with Gasteiger partial charge in [-0.2, -0.15) is 0 Å². The molecule has 1 fully saturated rings. The summed E-state index contributed by atoms with van der Waals surface area (Å²) in [6.45, 7) is 1.66. The molecule has 1 aliphatic rings. The first-order valence-electron chi connectivity index (χ1n) is 7.19. The van der Waals surface area contributed by atoms with Crippen LogP contribution in [0.5, 0.6) is 0 Å². The SMILES string of the molecule is NCCc1nc2ccccc2n1CC(=O)NCC1CC1. The number of nitrogens with one attached hydrogen (secondary N) is 1. The number of rotatable bonds is 6. The van der Waals surface area contributed by atoms with Gasteiger partial charge in [-0.15, -0.1) is 0 Å². The van der Waals surface area contributed by atoms with E-state index in [4.69, 9.17) is 5.73 Å². The highest BCUT2D eigenvalue weighted by Crippen LogP contribution is 2.27. The van der Waals surface area contributed by atoms with Crippen molar-refractivity contribution in [1.29, 1.82) is 0 Å². The summed E-state index contributed by atoms with van der Waals surface area (Å²) in [7, 11) is 0. The molecule has 2 aromatic rings. The van der Waals surface area contributed by atoms with Gasteiger partial charge in [0.15, 0.2) is 0 Å². The van der Waals surface area contributed by atoms with Gasteiger partial charge in [0.1, 0.15) is 12.4 Å². The van der Waals surface area contributed by atoms with Crippen molar-refractivity contribution in [2.24, 2.45) is 11.7 Å². The second-order valence-electron chi connectivity index (χ2n) is 5.39. The first-order valence-corrected chi connectivity index (χ1v) is 7.19. The molecule has 0 saturated heterocycles. The van der Waals surface area contributed by atoms with E-state index in [0.717, 1.165) is 23.4 Å². The molecule has 1 saturated carbocycles. The van der Waals surface area contributed by atoms with Crippen LogP contribution in [0.3, 0.4) is 0 Å². The molecule has 20 heavy (non-hydrogen) atoms. The normalized spacial score (nSPS) is 14.7. The fraction of sp³-hybridized carbons (Fsp3) is 0.467. The Morgan fingerprint density at radius 2 is 2.20 bits per heavy atom. The van der Waals surface area contributed by atoms with Crippen LogP contribution >= 0.6 is 0 Å². The summed E-state index contributed by atoms with van der Waals surface area (Å²) in [4.78, 5) is 16.6. The van der Waals surface area contributed by atoms with Crippen LogP contribution in [0, 0.1) is 5.92 Å². The minimum atomic E-state index is 0.0540. The Morgan fingerprint density at radius 3 is 2.95 bits per heavy atom. The fourth-order valence-corrected chi connectivity index (χ4v) is 2.40. The third-order valence-electron chi connectivity index (χ3n) is 3.69. The van der Waals surface area contributed by atoms with Crippen LogP contribution in [0.1, 0.15) is 18.7 Å². The maximum absolute atomic E-state index is 12.1. The van der Waals surface area contributed by atoms with E-state index in [1.807, 2.05) is 28.8 Å². The fourth-order valence-electron chi connectivity index (χ4n) is 2.40. The van der Waals surface area contributed by atoms with E-state index in [1.165, 1.54) is 12.8 Å². The molecule has 0 bridgehead atoms. The lowest BCUT2D eigenvalue weighted by Crippen LogP contribution is -2.30. The summed E-state index contributed by atoms with van der Waals surface area (Å²) in [5.74, 6) is 1.63. The number of fused-ring (bicyclic) bond motifs is 1. The molecule has 106 valence electrons. The second-order valence-corrected chi connectivity index (χ2v) is 5.39. The first-order chi connectivity index (χ1) is 9.78. The smallest absolute Gasteiger partial charge is 0.240 e. The number of aromatic nitrogens is 2. The Kier molecular flexibility index (Phi) is 3.69. The number of hydrogen-bond acceptors (Lipinski definition) is 3. The standard InChI is InChI=1S/C15H20N4O/c16-8-7-14-18-12-3-1-2-4-13(12)19(14)10-15(20)17-9-11-5-6-11/h1-4,11H,5-10,16H2,(H,17,20). The van der Waals surface area contributed by atoms with E-state index >= 15 is 0 Å². The van der Waals surface area contributed by atoms with Crippen LogP contribution < -0.4 is 11.1 Å². The van der Waals surface area contributed by atoms with Gasteiger partial charge in [-0.3, -0.25) is 4.79 Å². The molecule has 1 aliphatic carbocycles. The predicted octanol–water partition coefficient (Wildman–Crippen LogP) is 1.06. The van der Waals surface area contributed by atoms with Gasteiger partial charge >= 0.3 is 0 Å². The molecule has 0 unspecified atom stereocenters. The van der Waals surface area contributed by atoms with Gasteiger partial charge in [-0.25, -0.2) is 4.98 Å². The molecule has 0 aliphatic heterocycles. The highest BCUT2D eigenvalue weighted by Gasteiger charge is 2.22. The highest BCUT2D eigenvalue weighted by atomic mass is 16.1. The Morgan fingerprint density at radius 1 is 1.40 bits per heavy atom. The maximum Gasteiger partial charge on any atom is 0.240 e. The van der Waals surface area contributed by atoms with Gasteiger partial charge in [0.05, 0.1) is 11.0 Å². The maximum atomic E-state index is 12.1. The summed E-state index contributed by atoms with van der Waals surface area (Å²) in [5.41, 5.74) is 7.55. The van der Waals surface area contributed by atoms with Crippen molar-refractivity contribution >= 4 is 16.9 Å². The molecule has 0 spiro atoms. The van der Waals surface area contributed by atoms with E-state index in [1.54, 1.807) is 0 Å². The topological polar surface area (TPSA) is 72.9 Å². The van der Waals surface area contributed by atoms with Crippen molar-refractivity contribution < 1.29 is 4.79 Å². The molecule has 3 rings (SSSR count). The van der Waals surface area contributed by atoms with E-state index in [9.17, 15) is 4.79 Å². The van der Waals surface area contributed by atoms with Gasteiger partial charge < -0.3 is 15.6 Å². The molecule has 1 aromatic carbocycles. The third kappa shape index (κ3) is 2.82. The number of nitrogens with two attached hydrogens (primary N) is 1. The molecule has 5 heteroatoms. The number of para-hydroxylation sites is 2. The lowest BCUT2D eigenvalue weighted by molar-refractivity contribution is -0.121. The number of imidazole rings is 1. The van der Waals surface area contributed by atoms with E-state index in [2.05, 4.69) is 10.3 Å². The van der Waals surface area contributed by atoms with Crippen LogP contribution in [0.25, 0.3) is 11.0 Å². The average Bonchev–Trinajstić information content (AvgIpc) is 3.22. The summed E-state index contributed by atoms with van der Waals surface area (Å²) in [6.07, 6.45) is 3.17. The van der Waals surface area contributed by atoms with Gasteiger partial charge in [0.25, 0.3) is 0 Å². The number of nitrogens with zero attached hydrogens (tertiary/aromatic N) is 2. The summed E-state index contributed by atoms with van der Waals surface area (Å²) in [6, 6.07) is 7.89.